The molecule has 0 heterocycles. The van der Waals surface area contributed by atoms with Crippen LogP contribution in [0.25, 0.3) is 0 Å². The number of hydrogen-bond acceptors (Lipinski definition) is 1. The number of rotatable bonds is 4. The zero-order chi connectivity index (χ0) is 14.7. The molecule has 0 saturated carbocycles. The van der Waals surface area contributed by atoms with Gasteiger partial charge in [0.1, 0.15) is 0 Å². The van der Waals surface area contributed by atoms with Crippen LogP contribution in [-0.4, -0.2) is 16.8 Å². The van der Waals surface area contributed by atoms with Gasteiger partial charge in [0.2, 0.25) is 5.91 Å². The summed E-state index contributed by atoms with van der Waals surface area (Å²) in [5.41, 5.74) is -0.545. The van der Waals surface area contributed by atoms with Crippen LogP contribution in [-0.2, 0) is 17.4 Å². The number of hydrogen-bond donors (Lipinski definition) is 1. The molecule has 1 rings (SSSR count). The lowest BCUT2D eigenvalue weighted by Crippen LogP contribution is -2.45. The molecule has 1 aromatic rings. The molecule has 1 amide bonds. The summed E-state index contributed by atoms with van der Waals surface area (Å²) in [6, 6.07) is 4.61. The van der Waals surface area contributed by atoms with Crippen LogP contribution < -0.4 is 5.32 Å². The Balaban J connectivity index is 2.66. The summed E-state index contributed by atoms with van der Waals surface area (Å²) in [5, 5.41) is 3.39. The molecule has 0 aliphatic heterocycles. The maximum atomic E-state index is 12.4. The molecule has 0 unspecified atom stereocenters. The maximum Gasteiger partial charge on any atom is 0.416 e. The third kappa shape index (κ3) is 5.22. The molecular weight excluding hydrogens is 323 g/mol. The van der Waals surface area contributed by atoms with Crippen LogP contribution in [0.5, 0.6) is 0 Å². The molecule has 1 aromatic carbocycles. The number of halogens is 4. The molecule has 0 fully saturated rings. The number of carbonyl (C=O) groups is 1. The van der Waals surface area contributed by atoms with Gasteiger partial charge in [0.05, 0.1) is 12.0 Å². The Labute approximate surface area is 118 Å². The van der Waals surface area contributed by atoms with Crippen molar-refractivity contribution in [2.24, 2.45) is 0 Å². The second-order valence-corrected chi connectivity index (χ2v) is 5.50. The van der Waals surface area contributed by atoms with E-state index in [1.165, 1.54) is 12.1 Å². The fourth-order valence-corrected chi connectivity index (χ4v) is 1.59. The van der Waals surface area contributed by atoms with E-state index in [1.54, 1.807) is 0 Å². The molecule has 0 spiro atoms. The molecule has 19 heavy (non-hydrogen) atoms. The largest absolute Gasteiger partial charge is 0.416 e. The van der Waals surface area contributed by atoms with Crippen molar-refractivity contribution in [2.45, 2.75) is 32.0 Å². The van der Waals surface area contributed by atoms with E-state index in [1.807, 2.05) is 13.8 Å². The minimum atomic E-state index is -4.35. The van der Waals surface area contributed by atoms with Gasteiger partial charge < -0.3 is 5.32 Å². The summed E-state index contributed by atoms with van der Waals surface area (Å²) in [6.45, 7) is 3.71. The summed E-state index contributed by atoms with van der Waals surface area (Å²) in [5.74, 6) is -0.218. The lowest BCUT2D eigenvalue weighted by Gasteiger charge is -2.23. The summed E-state index contributed by atoms with van der Waals surface area (Å²) < 4.78 is 37.1. The zero-order valence-electron chi connectivity index (χ0n) is 10.6. The minimum Gasteiger partial charge on any atom is -0.350 e. The third-order valence-electron chi connectivity index (χ3n) is 2.46. The molecule has 0 atom stereocenters. The number of alkyl halides is 4. The first-order chi connectivity index (χ1) is 8.64. The standard InChI is InChI=1S/C13H15BrF3NO/c1-12(2,8-14)18-11(19)7-9-3-5-10(6-4-9)13(15,16)17/h3-6H,7-8H2,1-2H3,(H,18,19). The molecule has 0 radical (unpaired) electrons. The lowest BCUT2D eigenvalue weighted by atomic mass is 10.1. The first-order valence-corrected chi connectivity index (χ1v) is 6.79. The normalized spacial score (nSPS) is 12.3. The van der Waals surface area contributed by atoms with E-state index in [-0.39, 0.29) is 17.9 Å². The van der Waals surface area contributed by atoms with Crippen LogP contribution in [0.3, 0.4) is 0 Å². The van der Waals surface area contributed by atoms with Gasteiger partial charge in [-0.15, -0.1) is 0 Å². The van der Waals surface area contributed by atoms with Crippen molar-refractivity contribution < 1.29 is 18.0 Å². The van der Waals surface area contributed by atoms with Gasteiger partial charge in [-0.3, -0.25) is 4.79 Å². The molecule has 0 aromatic heterocycles. The number of benzene rings is 1. The predicted octanol–water partition coefficient (Wildman–Crippen LogP) is 3.54. The summed E-state index contributed by atoms with van der Waals surface area (Å²) in [4.78, 5) is 11.7. The summed E-state index contributed by atoms with van der Waals surface area (Å²) >= 11 is 3.28. The van der Waals surface area contributed by atoms with E-state index in [4.69, 9.17) is 0 Å². The molecule has 0 saturated heterocycles. The molecule has 0 aliphatic rings. The summed E-state index contributed by atoms with van der Waals surface area (Å²) in [6.07, 6.45) is -4.28. The fourth-order valence-electron chi connectivity index (χ4n) is 1.45. The lowest BCUT2D eigenvalue weighted by molar-refractivity contribution is -0.137. The molecule has 1 N–H and O–H groups in total. The summed E-state index contributed by atoms with van der Waals surface area (Å²) in [7, 11) is 0. The van der Waals surface area contributed by atoms with Crippen molar-refractivity contribution in [1.29, 1.82) is 0 Å². The van der Waals surface area contributed by atoms with Gasteiger partial charge in [0.15, 0.2) is 0 Å². The number of nitrogens with one attached hydrogen (secondary N) is 1. The highest BCUT2D eigenvalue weighted by Crippen LogP contribution is 2.29. The van der Waals surface area contributed by atoms with E-state index in [9.17, 15) is 18.0 Å². The second-order valence-electron chi connectivity index (χ2n) is 4.94. The van der Waals surface area contributed by atoms with Gasteiger partial charge in [-0.25, -0.2) is 0 Å². The van der Waals surface area contributed by atoms with Crippen molar-refractivity contribution in [2.75, 3.05) is 5.33 Å². The number of amides is 1. The SMILES string of the molecule is CC(C)(CBr)NC(=O)Cc1ccc(C(F)(F)F)cc1. The van der Waals surface area contributed by atoms with Gasteiger partial charge >= 0.3 is 6.18 Å². The quantitative estimate of drug-likeness (QED) is 0.836. The molecule has 6 heteroatoms. The van der Waals surface area contributed by atoms with Crippen LogP contribution in [0.15, 0.2) is 24.3 Å². The Hall–Kier alpha value is -1.04. The van der Waals surface area contributed by atoms with Crippen molar-refractivity contribution >= 4 is 21.8 Å². The van der Waals surface area contributed by atoms with Gasteiger partial charge in [-0.05, 0) is 31.5 Å². The molecule has 106 valence electrons. The first-order valence-electron chi connectivity index (χ1n) is 5.67. The Bertz CT molecular complexity index is 440. The van der Waals surface area contributed by atoms with Crippen LogP contribution in [0.1, 0.15) is 25.0 Å². The second kappa shape index (κ2) is 5.94. The van der Waals surface area contributed by atoms with Gasteiger partial charge in [0, 0.05) is 10.9 Å². The van der Waals surface area contributed by atoms with E-state index < -0.39 is 11.7 Å². The van der Waals surface area contributed by atoms with Gasteiger partial charge in [0.25, 0.3) is 0 Å². The third-order valence-corrected chi connectivity index (χ3v) is 3.86. The molecular formula is C13H15BrF3NO. The Morgan fingerprint density at radius 1 is 1.21 bits per heavy atom. The maximum absolute atomic E-state index is 12.4. The smallest absolute Gasteiger partial charge is 0.350 e. The predicted molar refractivity (Wildman–Crippen MR) is 71.2 cm³/mol. The van der Waals surface area contributed by atoms with Crippen LogP contribution in [0.2, 0.25) is 0 Å². The fraction of sp³-hybridized carbons (Fsp3) is 0.462. The van der Waals surface area contributed by atoms with E-state index in [0.717, 1.165) is 12.1 Å². The highest BCUT2D eigenvalue weighted by atomic mass is 79.9. The zero-order valence-corrected chi connectivity index (χ0v) is 12.2. The Kier molecular flexibility index (Phi) is 5.01. The van der Waals surface area contributed by atoms with Crippen LogP contribution in [0, 0.1) is 0 Å². The molecule has 0 aliphatic carbocycles. The van der Waals surface area contributed by atoms with Crippen molar-refractivity contribution in [3.05, 3.63) is 35.4 Å². The van der Waals surface area contributed by atoms with Crippen LogP contribution >= 0.6 is 15.9 Å². The Morgan fingerprint density at radius 2 is 1.74 bits per heavy atom. The average molecular weight is 338 g/mol. The van der Waals surface area contributed by atoms with Gasteiger partial charge in [-0.1, -0.05) is 28.1 Å². The van der Waals surface area contributed by atoms with E-state index in [2.05, 4.69) is 21.2 Å². The van der Waals surface area contributed by atoms with Gasteiger partial charge in [-0.2, -0.15) is 13.2 Å². The van der Waals surface area contributed by atoms with Crippen molar-refractivity contribution in [3.8, 4) is 0 Å². The first kappa shape index (κ1) is 16.0. The Morgan fingerprint density at radius 3 is 2.16 bits per heavy atom. The highest BCUT2D eigenvalue weighted by Gasteiger charge is 2.30. The van der Waals surface area contributed by atoms with Crippen molar-refractivity contribution in [1.82, 2.24) is 5.32 Å². The highest BCUT2D eigenvalue weighted by molar-refractivity contribution is 9.09. The van der Waals surface area contributed by atoms with E-state index in [0.29, 0.717) is 10.9 Å². The topological polar surface area (TPSA) is 29.1 Å². The molecule has 0 bridgehead atoms. The van der Waals surface area contributed by atoms with E-state index >= 15 is 0 Å². The van der Waals surface area contributed by atoms with Crippen LogP contribution in [0.4, 0.5) is 13.2 Å². The average Bonchev–Trinajstić information content (AvgIpc) is 2.27. The van der Waals surface area contributed by atoms with Crippen molar-refractivity contribution in [3.63, 3.8) is 0 Å². The number of carbonyl (C=O) groups excluding carboxylic acids is 1. The molecule has 2 nitrogen and oxygen atoms in total. The minimum absolute atomic E-state index is 0.0641. The monoisotopic (exact) mass is 337 g/mol.